The molecule has 2 aliphatic rings. The summed E-state index contributed by atoms with van der Waals surface area (Å²) in [4.78, 5) is 26.8. The predicted octanol–water partition coefficient (Wildman–Crippen LogP) is 1.91. The molecule has 1 N–H and O–H groups in total. The molecular formula is C18H20N4O3. The van der Waals surface area contributed by atoms with E-state index < -0.39 is 6.10 Å². The van der Waals surface area contributed by atoms with Gasteiger partial charge in [0.2, 0.25) is 0 Å². The number of carbonyl (C=O) groups is 2. The van der Waals surface area contributed by atoms with Crippen LogP contribution in [0.25, 0.3) is 0 Å². The Labute approximate surface area is 145 Å². The Balaban J connectivity index is 1.60. The van der Waals surface area contributed by atoms with Gasteiger partial charge < -0.3 is 15.0 Å². The van der Waals surface area contributed by atoms with Gasteiger partial charge in [-0.05, 0) is 38.0 Å². The second-order valence-electron chi connectivity index (χ2n) is 6.45. The molecule has 7 nitrogen and oxygen atoms in total. The minimum Gasteiger partial charge on any atom is -0.478 e. The average Bonchev–Trinajstić information content (AvgIpc) is 3.27. The monoisotopic (exact) mass is 340 g/mol. The van der Waals surface area contributed by atoms with Crippen LogP contribution < -0.4 is 10.1 Å². The van der Waals surface area contributed by atoms with Crippen molar-refractivity contribution in [2.75, 3.05) is 11.9 Å². The van der Waals surface area contributed by atoms with Gasteiger partial charge in [-0.1, -0.05) is 6.07 Å². The van der Waals surface area contributed by atoms with Crippen LogP contribution in [-0.2, 0) is 11.3 Å². The van der Waals surface area contributed by atoms with Crippen molar-refractivity contribution in [2.45, 2.75) is 38.5 Å². The molecule has 2 amide bonds. The molecular weight excluding hydrogens is 320 g/mol. The van der Waals surface area contributed by atoms with Crippen molar-refractivity contribution >= 4 is 17.5 Å². The summed E-state index contributed by atoms with van der Waals surface area (Å²) in [7, 11) is 0. The molecule has 25 heavy (non-hydrogen) atoms. The summed E-state index contributed by atoms with van der Waals surface area (Å²) in [6, 6.07) is 7.27. The Bertz CT molecular complexity index is 803. The fourth-order valence-corrected chi connectivity index (χ4v) is 3.47. The lowest BCUT2D eigenvalue weighted by molar-refractivity contribution is -0.122. The number of ether oxygens (including phenoxy) is 1. The standard InChI is InChI=1S/C18H20N4O3/c1-12-17(23)20-15-7-2-6-14(16(15)25-12)18(24)22-10-3-5-13(22)11-21-9-4-8-19-21/h2,4,6-9,12-13H,3,5,10-11H2,1H3,(H,20,23)/t12-,13-/m0/s1. The summed E-state index contributed by atoms with van der Waals surface area (Å²) in [5, 5.41) is 7.04. The van der Waals surface area contributed by atoms with Crippen LogP contribution in [-0.4, -0.2) is 45.2 Å². The zero-order valence-electron chi connectivity index (χ0n) is 14.0. The molecule has 0 spiro atoms. The Morgan fingerprint density at radius 1 is 1.40 bits per heavy atom. The highest BCUT2D eigenvalue weighted by Crippen LogP contribution is 2.35. The predicted molar refractivity (Wildman–Crippen MR) is 91.4 cm³/mol. The minimum atomic E-state index is -0.611. The lowest BCUT2D eigenvalue weighted by Gasteiger charge is -2.29. The Morgan fingerprint density at radius 2 is 2.28 bits per heavy atom. The molecule has 1 fully saturated rings. The van der Waals surface area contributed by atoms with Gasteiger partial charge in [-0.3, -0.25) is 14.3 Å². The molecule has 3 heterocycles. The number of fused-ring (bicyclic) bond motifs is 1. The number of hydrogen-bond donors (Lipinski definition) is 1. The first-order valence-corrected chi connectivity index (χ1v) is 8.52. The Kier molecular flexibility index (Phi) is 3.91. The molecule has 2 aromatic rings. The quantitative estimate of drug-likeness (QED) is 0.926. The second kappa shape index (κ2) is 6.23. The van der Waals surface area contributed by atoms with Gasteiger partial charge in [0.05, 0.1) is 23.8 Å². The number of rotatable bonds is 3. The SMILES string of the molecule is C[C@@H]1Oc2c(cccc2C(=O)N2CCC[C@H]2Cn2cccn2)NC1=O. The van der Waals surface area contributed by atoms with Crippen molar-refractivity contribution in [3.63, 3.8) is 0 Å². The number of nitrogens with one attached hydrogen (secondary N) is 1. The number of aromatic nitrogens is 2. The molecule has 0 aliphatic carbocycles. The maximum atomic E-state index is 13.1. The fraction of sp³-hybridized carbons (Fsp3) is 0.389. The van der Waals surface area contributed by atoms with Crippen LogP contribution >= 0.6 is 0 Å². The molecule has 0 saturated carbocycles. The maximum absolute atomic E-state index is 13.1. The average molecular weight is 340 g/mol. The highest BCUT2D eigenvalue weighted by molar-refractivity contribution is 6.04. The zero-order chi connectivity index (χ0) is 17.4. The molecule has 0 radical (unpaired) electrons. The van der Waals surface area contributed by atoms with Gasteiger partial charge in [0.15, 0.2) is 11.9 Å². The van der Waals surface area contributed by atoms with E-state index in [1.165, 1.54) is 0 Å². The topological polar surface area (TPSA) is 76.5 Å². The van der Waals surface area contributed by atoms with E-state index in [1.807, 2.05) is 21.8 Å². The van der Waals surface area contributed by atoms with Gasteiger partial charge >= 0.3 is 0 Å². The zero-order valence-corrected chi connectivity index (χ0v) is 14.0. The van der Waals surface area contributed by atoms with Crippen molar-refractivity contribution < 1.29 is 14.3 Å². The van der Waals surface area contributed by atoms with Crippen molar-refractivity contribution in [2.24, 2.45) is 0 Å². The third kappa shape index (κ3) is 2.86. The second-order valence-corrected chi connectivity index (χ2v) is 6.45. The van der Waals surface area contributed by atoms with Crippen molar-refractivity contribution in [3.8, 4) is 5.75 Å². The van der Waals surface area contributed by atoms with Crippen molar-refractivity contribution in [1.82, 2.24) is 14.7 Å². The number of anilines is 1. The molecule has 4 rings (SSSR count). The third-order valence-corrected chi connectivity index (χ3v) is 4.76. The summed E-state index contributed by atoms with van der Waals surface area (Å²) in [6.07, 6.45) is 4.97. The summed E-state index contributed by atoms with van der Waals surface area (Å²) < 4.78 is 7.58. The smallest absolute Gasteiger partial charge is 0.265 e. The highest BCUT2D eigenvalue weighted by Gasteiger charge is 2.34. The number of para-hydroxylation sites is 1. The van der Waals surface area contributed by atoms with Crippen LogP contribution in [0.2, 0.25) is 0 Å². The van der Waals surface area contributed by atoms with Gasteiger partial charge in [0.25, 0.3) is 11.8 Å². The first-order chi connectivity index (χ1) is 12.1. The Morgan fingerprint density at radius 3 is 3.08 bits per heavy atom. The van der Waals surface area contributed by atoms with Crippen LogP contribution in [0.5, 0.6) is 5.75 Å². The number of nitrogens with zero attached hydrogens (tertiary/aromatic N) is 3. The largest absolute Gasteiger partial charge is 0.478 e. The third-order valence-electron chi connectivity index (χ3n) is 4.76. The van der Waals surface area contributed by atoms with Crippen LogP contribution in [0.4, 0.5) is 5.69 Å². The van der Waals surface area contributed by atoms with E-state index in [0.717, 1.165) is 19.4 Å². The molecule has 7 heteroatoms. The first-order valence-electron chi connectivity index (χ1n) is 8.52. The molecule has 0 bridgehead atoms. The van der Waals surface area contributed by atoms with E-state index in [2.05, 4.69) is 10.4 Å². The van der Waals surface area contributed by atoms with E-state index >= 15 is 0 Å². The molecule has 2 atom stereocenters. The summed E-state index contributed by atoms with van der Waals surface area (Å²) >= 11 is 0. The molecule has 1 aromatic carbocycles. The lowest BCUT2D eigenvalue weighted by atomic mass is 10.1. The lowest BCUT2D eigenvalue weighted by Crippen LogP contribution is -2.40. The molecule has 0 unspecified atom stereocenters. The van der Waals surface area contributed by atoms with E-state index in [9.17, 15) is 9.59 Å². The first kappa shape index (κ1) is 15.7. The van der Waals surface area contributed by atoms with Crippen LogP contribution in [0.3, 0.4) is 0 Å². The molecule has 1 aromatic heterocycles. The van der Waals surface area contributed by atoms with E-state index in [1.54, 1.807) is 31.3 Å². The summed E-state index contributed by atoms with van der Waals surface area (Å²) in [5.41, 5.74) is 1.05. The van der Waals surface area contributed by atoms with Gasteiger partial charge in [-0.2, -0.15) is 5.10 Å². The van der Waals surface area contributed by atoms with Crippen molar-refractivity contribution in [3.05, 3.63) is 42.2 Å². The number of likely N-dealkylation sites (tertiary alicyclic amines) is 1. The maximum Gasteiger partial charge on any atom is 0.265 e. The van der Waals surface area contributed by atoms with Crippen LogP contribution in [0, 0.1) is 0 Å². The summed E-state index contributed by atoms with van der Waals surface area (Å²) in [5.74, 6) is 0.203. The van der Waals surface area contributed by atoms with Gasteiger partial charge in [-0.15, -0.1) is 0 Å². The van der Waals surface area contributed by atoms with E-state index in [-0.39, 0.29) is 17.9 Å². The molecule has 2 aliphatic heterocycles. The highest BCUT2D eigenvalue weighted by atomic mass is 16.5. The molecule has 130 valence electrons. The number of benzene rings is 1. The minimum absolute atomic E-state index is 0.0603. The van der Waals surface area contributed by atoms with E-state index in [0.29, 0.717) is 23.5 Å². The van der Waals surface area contributed by atoms with Crippen LogP contribution in [0.15, 0.2) is 36.7 Å². The molecule has 1 saturated heterocycles. The van der Waals surface area contributed by atoms with Crippen molar-refractivity contribution in [1.29, 1.82) is 0 Å². The summed E-state index contributed by atoms with van der Waals surface area (Å²) in [6.45, 7) is 3.08. The normalized spacial score (nSPS) is 22.3. The van der Waals surface area contributed by atoms with Crippen LogP contribution in [0.1, 0.15) is 30.1 Å². The van der Waals surface area contributed by atoms with Gasteiger partial charge in [0.1, 0.15) is 0 Å². The van der Waals surface area contributed by atoms with E-state index in [4.69, 9.17) is 4.74 Å². The Hall–Kier alpha value is -2.83. The number of carbonyl (C=O) groups excluding carboxylic acids is 2. The van der Waals surface area contributed by atoms with Gasteiger partial charge in [0, 0.05) is 18.9 Å². The fourth-order valence-electron chi connectivity index (χ4n) is 3.47. The number of hydrogen-bond acceptors (Lipinski definition) is 4. The van der Waals surface area contributed by atoms with Gasteiger partial charge in [-0.25, -0.2) is 0 Å². The number of amides is 2.